The number of benzene rings is 3. The highest BCUT2D eigenvalue weighted by Gasteiger charge is 2.14. The molecule has 0 spiro atoms. The van der Waals surface area contributed by atoms with Gasteiger partial charge in [0.2, 0.25) is 5.89 Å². The summed E-state index contributed by atoms with van der Waals surface area (Å²) in [4.78, 5) is 12.6. The quantitative estimate of drug-likeness (QED) is 0.537. The van der Waals surface area contributed by atoms with E-state index in [0.717, 1.165) is 20.8 Å². The van der Waals surface area contributed by atoms with Crippen LogP contribution in [0.2, 0.25) is 0 Å². The smallest absolute Gasteiger partial charge is 0.322 e. The van der Waals surface area contributed by atoms with Gasteiger partial charge in [0.15, 0.2) is 0 Å². The van der Waals surface area contributed by atoms with E-state index in [1.807, 2.05) is 60.7 Å². The number of amides is 1. The molecule has 4 rings (SSSR count). The normalized spacial score (nSPS) is 10.8. The van der Waals surface area contributed by atoms with Gasteiger partial charge < -0.3 is 4.42 Å². The Balaban J connectivity index is 1.61. The van der Waals surface area contributed by atoms with Crippen LogP contribution in [0.1, 0.15) is 10.4 Å². The van der Waals surface area contributed by atoms with Crippen LogP contribution in [0, 0.1) is 0 Å². The lowest BCUT2D eigenvalue weighted by molar-refractivity contribution is 0.102. The summed E-state index contributed by atoms with van der Waals surface area (Å²) in [5, 5.41) is 12.4. The topological polar surface area (TPSA) is 68.0 Å². The monoisotopic (exact) mass is 393 g/mol. The number of anilines is 1. The Hall–Kier alpha value is -2.99. The molecule has 1 aromatic heterocycles. The molecule has 0 saturated heterocycles. The van der Waals surface area contributed by atoms with Crippen molar-refractivity contribution in [3.63, 3.8) is 0 Å². The summed E-state index contributed by atoms with van der Waals surface area (Å²) >= 11 is 3.40. The molecule has 0 fully saturated rings. The van der Waals surface area contributed by atoms with Crippen molar-refractivity contribution in [2.75, 3.05) is 5.32 Å². The second-order valence-electron chi connectivity index (χ2n) is 5.40. The van der Waals surface area contributed by atoms with Crippen molar-refractivity contribution >= 4 is 38.6 Å². The van der Waals surface area contributed by atoms with Gasteiger partial charge in [-0.25, -0.2) is 0 Å². The summed E-state index contributed by atoms with van der Waals surface area (Å²) in [6.07, 6.45) is 0. The number of carbonyl (C=O) groups is 1. The average Bonchev–Trinajstić information content (AvgIpc) is 3.10. The van der Waals surface area contributed by atoms with Gasteiger partial charge in [0.05, 0.1) is 0 Å². The van der Waals surface area contributed by atoms with E-state index in [4.69, 9.17) is 4.42 Å². The van der Waals surface area contributed by atoms with Crippen LogP contribution in [0.3, 0.4) is 0 Å². The van der Waals surface area contributed by atoms with Gasteiger partial charge >= 0.3 is 6.01 Å². The average molecular weight is 394 g/mol. The molecule has 0 bridgehead atoms. The summed E-state index contributed by atoms with van der Waals surface area (Å²) in [6, 6.07) is 20.8. The second kappa shape index (κ2) is 6.49. The van der Waals surface area contributed by atoms with Gasteiger partial charge in [-0.1, -0.05) is 63.5 Å². The van der Waals surface area contributed by atoms with Crippen molar-refractivity contribution in [2.24, 2.45) is 0 Å². The Morgan fingerprint density at radius 3 is 2.64 bits per heavy atom. The Kier molecular flexibility index (Phi) is 4.03. The largest absolute Gasteiger partial charge is 0.403 e. The fraction of sp³-hybridized carbons (Fsp3) is 0. The number of nitrogens with one attached hydrogen (secondary N) is 1. The molecule has 1 heterocycles. The summed E-state index contributed by atoms with van der Waals surface area (Å²) in [5.41, 5.74) is 1.33. The Morgan fingerprint density at radius 1 is 0.960 bits per heavy atom. The number of halogens is 1. The molecule has 0 aliphatic carbocycles. The number of carbonyl (C=O) groups excluding carboxylic acids is 1. The second-order valence-corrected chi connectivity index (χ2v) is 6.32. The molecule has 0 saturated carbocycles. The maximum atomic E-state index is 12.6. The highest BCUT2D eigenvalue weighted by Crippen LogP contribution is 2.24. The predicted molar refractivity (Wildman–Crippen MR) is 99.3 cm³/mol. The summed E-state index contributed by atoms with van der Waals surface area (Å²) < 4.78 is 6.46. The minimum Gasteiger partial charge on any atom is -0.403 e. The molecule has 0 unspecified atom stereocenters. The van der Waals surface area contributed by atoms with Gasteiger partial charge in [-0.05, 0) is 35.0 Å². The number of nitrogens with zero attached hydrogens (tertiary/aromatic N) is 2. The zero-order valence-electron chi connectivity index (χ0n) is 12.9. The van der Waals surface area contributed by atoms with Gasteiger partial charge in [0.1, 0.15) is 0 Å². The van der Waals surface area contributed by atoms with E-state index in [9.17, 15) is 4.79 Å². The third-order valence-corrected chi connectivity index (χ3v) is 4.24. The number of hydrogen-bond acceptors (Lipinski definition) is 4. The molecule has 1 amide bonds. The SMILES string of the molecule is O=C(Nc1nnc(-c2cccc(Br)c2)o1)c1cccc2ccccc12. The molecular formula is C19H12BrN3O2. The van der Waals surface area contributed by atoms with E-state index in [1.54, 1.807) is 6.07 Å². The van der Waals surface area contributed by atoms with Crippen molar-refractivity contribution in [3.8, 4) is 11.5 Å². The maximum Gasteiger partial charge on any atom is 0.322 e. The van der Waals surface area contributed by atoms with Crippen LogP contribution in [0.4, 0.5) is 6.01 Å². The first-order valence-corrected chi connectivity index (χ1v) is 8.38. The van der Waals surface area contributed by atoms with Gasteiger partial charge in [-0.15, -0.1) is 5.10 Å². The van der Waals surface area contributed by atoms with E-state index in [2.05, 4.69) is 31.4 Å². The maximum absolute atomic E-state index is 12.6. The van der Waals surface area contributed by atoms with Crippen LogP contribution >= 0.6 is 15.9 Å². The van der Waals surface area contributed by atoms with Crippen LogP contribution in [0.5, 0.6) is 0 Å². The predicted octanol–water partition coefficient (Wildman–Crippen LogP) is 4.90. The number of rotatable bonds is 3. The molecule has 25 heavy (non-hydrogen) atoms. The van der Waals surface area contributed by atoms with Crippen molar-refractivity contribution in [1.82, 2.24) is 10.2 Å². The third kappa shape index (κ3) is 3.16. The molecule has 1 N–H and O–H groups in total. The molecule has 0 aliphatic rings. The Morgan fingerprint density at radius 2 is 1.76 bits per heavy atom. The van der Waals surface area contributed by atoms with Crippen molar-refractivity contribution in [3.05, 3.63) is 76.8 Å². The lowest BCUT2D eigenvalue weighted by atomic mass is 10.0. The van der Waals surface area contributed by atoms with Crippen LogP contribution in [0.15, 0.2) is 75.6 Å². The van der Waals surface area contributed by atoms with Gasteiger partial charge in [0.25, 0.3) is 5.91 Å². The Labute approximate surface area is 151 Å². The molecule has 6 heteroatoms. The van der Waals surface area contributed by atoms with E-state index in [0.29, 0.717) is 11.5 Å². The highest BCUT2D eigenvalue weighted by molar-refractivity contribution is 9.10. The standard InChI is InChI=1S/C19H12BrN3O2/c20-14-8-3-7-13(11-14)18-22-23-19(25-18)21-17(24)16-10-4-6-12-5-1-2-9-15(12)16/h1-11H,(H,21,23,24). The highest BCUT2D eigenvalue weighted by atomic mass is 79.9. The van der Waals surface area contributed by atoms with Crippen LogP contribution in [-0.2, 0) is 0 Å². The van der Waals surface area contributed by atoms with Gasteiger partial charge in [-0.3, -0.25) is 10.1 Å². The lowest BCUT2D eigenvalue weighted by Gasteiger charge is -2.05. The minimum atomic E-state index is -0.291. The van der Waals surface area contributed by atoms with E-state index < -0.39 is 0 Å². The zero-order valence-corrected chi connectivity index (χ0v) is 14.5. The number of fused-ring (bicyclic) bond motifs is 1. The summed E-state index contributed by atoms with van der Waals surface area (Å²) in [7, 11) is 0. The fourth-order valence-electron chi connectivity index (χ4n) is 2.60. The molecule has 5 nitrogen and oxygen atoms in total. The van der Waals surface area contributed by atoms with E-state index >= 15 is 0 Å². The molecule has 0 radical (unpaired) electrons. The molecule has 3 aromatic carbocycles. The zero-order chi connectivity index (χ0) is 17.2. The molecule has 0 aliphatic heterocycles. The van der Waals surface area contributed by atoms with Crippen molar-refractivity contribution in [2.45, 2.75) is 0 Å². The van der Waals surface area contributed by atoms with Crippen LogP contribution < -0.4 is 5.32 Å². The summed E-state index contributed by atoms with van der Waals surface area (Å²) in [5.74, 6) is 0.0516. The van der Waals surface area contributed by atoms with E-state index in [-0.39, 0.29) is 11.9 Å². The number of aromatic nitrogens is 2. The van der Waals surface area contributed by atoms with Gasteiger partial charge in [-0.2, -0.15) is 0 Å². The molecule has 0 atom stereocenters. The summed E-state index contributed by atoms with van der Waals surface area (Å²) in [6.45, 7) is 0. The minimum absolute atomic E-state index is 0.0629. The first-order valence-electron chi connectivity index (χ1n) is 7.59. The van der Waals surface area contributed by atoms with Crippen molar-refractivity contribution < 1.29 is 9.21 Å². The molecular weight excluding hydrogens is 382 g/mol. The first-order chi connectivity index (χ1) is 12.2. The Bertz CT molecular complexity index is 1070. The van der Waals surface area contributed by atoms with Crippen LogP contribution in [-0.4, -0.2) is 16.1 Å². The molecule has 4 aromatic rings. The van der Waals surface area contributed by atoms with Gasteiger partial charge in [0, 0.05) is 15.6 Å². The van der Waals surface area contributed by atoms with E-state index in [1.165, 1.54) is 0 Å². The van der Waals surface area contributed by atoms with Crippen LogP contribution in [0.25, 0.3) is 22.2 Å². The first kappa shape index (κ1) is 15.5. The third-order valence-electron chi connectivity index (χ3n) is 3.75. The number of hydrogen-bond donors (Lipinski definition) is 1. The lowest BCUT2D eigenvalue weighted by Crippen LogP contribution is -2.12. The fourth-order valence-corrected chi connectivity index (χ4v) is 3.00. The molecule has 122 valence electrons. The van der Waals surface area contributed by atoms with Crippen molar-refractivity contribution in [1.29, 1.82) is 0 Å².